The minimum Gasteiger partial charge on any atom is -0.370 e. The maximum absolute atomic E-state index is 11.3. The van der Waals surface area contributed by atoms with E-state index < -0.39 is 5.91 Å². The van der Waals surface area contributed by atoms with E-state index in [0.29, 0.717) is 6.54 Å². The summed E-state index contributed by atoms with van der Waals surface area (Å²) in [6.45, 7) is 6.51. The van der Waals surface area contributed by atoms with Crippen LogP contribution >= 0.6 is 0 Å². The summed E-state index contributed by atoms with van der Waals surface area (Å²) in [5.41, 5.74) is 4.66. The number of aryl methyl sites for hydroxylation is 1. The maximum atomic E-state index is 11.3. The lowest BCUT2D eigenvalue weighted by atomic mass is 10.2. The van der Waals surface area contributed by atoms with Crippen LogP contribution in [-0.4, -0.2) is 34.0 Å². The van der Waals surface area contributed by atoms with Gasteiger partial charge in [0.1, 0.15) is 0 Å². The molecule has 21 heavy (non-hydrogen) atoms. The molecule has 2 rings (SSSR count). The molecule has 0 saturated heterocycles. The van der Waals surface area contributed by atoms with Gasteiger partial charge in [0.2, 0.25) is 0 Å². The molecule has 2 aromatic rings. The third kappa shape index (κ3) is 3.79. The molecule has 0 spiro atoms. The predicted molar refractivity (Wildman–Crippen MR) is 80.7 cm³/mol. The van der Waals surface area contributed by atoms with Crippen LogP contribution in [0.3, 0.4) is 0 Å². The number of benzene rings is 1. The van der Waals surface area contributed by atoms with E-state index in [-0.39, 0.29) is 5.69 Å². The summed E-state index contributed by atoms with van der Waals surface area (Å²) in [5.74, 6) is 4.62. The second-order valence-electron chi connectivity index (χ2n) is 4.76. The van der Waals surface area contributed by atoms with E-state index in [1.165, 1.54) is 11.3 Å². The topological polar surface area (TPSA) is 89.1 Å². The van der Waals surface area contributed by atoms with Gasteiger partial charge < -0.3 is 4.90 Å². The van der Waals surface area contributed by atoms with E-state index in [1.807, 2.05) is 11.5 Å². The Labute approximate surface area is 123 Å². The summed E-state index contributed by atoms with van der Waals surface area (Å²) in [4.78, 5) is 13.6. The highest BCUT2D eigenvalue weighted by Crippen LogP contribution is 2.15. The number of carbonyl (C=O) groups is 1. The van der Waals surface area contributed by atoms with E-state index in [0.717, 1.165) is 13.1 Å². The molecule has 0 aliphatic rings. The first kappa shape index (κ1) is 15.0. The molecule has 1 heterocycles. The van der Waals surface area contributed by atoms with Crippen LogP contribution in [0.4, 0.5) is 5.69 Å². The van der Waals surface area contributed by atoms with Crippen molar-refractivity contribution >= 4 is 11.6 Å². The zero-order valence-electron chi connectivity index (χ0n) is 12.3. The molecule has 1 amide bonds. The minimum atomic E-state index is -0.438. The monoisotopic (exact) mass is 288 g/mol. The van der Waals surface area contributed by atoms with Gasteiger partial charge in [0, 0.05) is 18.8 Å². The molecule has 0 aliphatic carbocycles. The van der Waals surface area contributed by atoms with Crippen LogP contribution in [0.1, 0.15) is 23.0 Å². The number of amides is 1. The summed E-state index contributed by atoms with van der Waals surface area (Å²) in [6.07, 6.45) is 1.59. The molecule has 0 fully saturated rings. The second-order valence-corrected chi connectivity index (χ2v) is 4.76. The number of carbonyl (C=O) groups excluding carboxylic acids is 1. The van der Waals surface area contributed by atoms with Crippen molar-refractivity contribution in [3.63, 3.8) is 0 Å². The van der Waals surface area contributed by atoms with Gasteiger partial charge in [-0.2, -0.15) is 0 Å². The predicted octanol–water partition coefficient (Wildman–Crippen LogP) is 0.717. The Kier molecular flexibility index (Phi) is 4.89. The van der Waals surface area contributed by atoms with E-state index in [2.05, 4.69) is 47.3 Å². The van der Waals surface area contributed by atoms with Gasteiger partial charge in [0.05, 0.1) is 12.7 Å². The Bertz CT molecular complexity index is 609. The first-order valence-corrected chi connectivity index (χ1v) is 6.86. The largest absolute Gasteiger partial charge is 0.370 e. The molecular formula is C14H20N6O. The SMILES string of the molecule is CCN(CCn1cc(C(=O)NN)nn1)c1cccc(C)c1. The Morgan fingerprint density at radius 1 is 1.48 bits per heavy atom. The molecule has 0 unspecified atom stereocenters. The van der Waals surface area contributed by atoms with Gasteiger partial charge in [0.25, 0.3) is 5.91 Å². The van der Waals surface area contributed by atoms with Crippen LogP contribution in [0, 0.1) is 6.92 Å². The highest BCUT2D eigenvalue weighted by molar-refractivity contribution is 5.91. The van der Waals surface area contributed by atoms with Crippen molar-refractivity contribution < 1.29 is 4.79 Å². The number of nitrogens with two attached hydrogens (primary N) is 1. The first-order valence-electron chi connectivity index (χ1n) is 6.86. The van der Waals surface area contributed by atoms with E-state index in [4.69, 9.17) is 5.84 Å². The zero-order chi connectivity index (χ0) is 15.2. The Morgan fingerprint density at radius 3 is 2.95 bits per heavy atom. The standard InChI is InChI=1S/C14H20N6O/c1-3-19(12-6-4-5-11(2)9-12)7-8-20-10-13(17-18-20)14(21)16-15/h4-6,9-10H,3,7-8,15H2,1-2H3,(H,16,21). The van der Waals surface area contributed by atoms with Crippen molar-refractivity contribution in [1.29, 1.82) is 0 Å². The third-order valence-corrected chi connectivity index (χ3v) is 3.25. The molecule has 7 heteroatoms. The van der Waals surface area contributed by atoms with Crippen LogP contribution in [0.5, 0.6) is 0 Å². The van der Waals surface area contributed by atoms with Crippen LogP contribution in [0.15, 0.2) is 30.5 Å². The van der Waals surface area contributed by atoms with E-state index in [1.54, 1.807) is 10.9 Å². The zero-order valence-corrected chi connectivity index (χ0v) is 12.3. The lowest BCUT2D eigenvalue weighted by Crippen LogP contribution is -2.30. The van der Waals surface area contributed by atoms with Crippen molar-refractivity contribution in [2.75, 3.05) is 18.0 Å². The molecule has 7 nitrogen and oxygen atoms in total. The van der Waals surface area contributed by atoms with Crippen LogP contribution in [0.2, 0.25) is 0 Å². The number of nitrogen functional groups attached to an aromatic ring is 1. The Hall–Kier alpha value is -2.41. The highest BCUT2D eigenvalue weighted by Gasteiger charge is 2.10. The number of likely N-dealkylation sites (N-methyl/N-ethyl adjacent to an activating group) is 1. The van der Waals surface area contributed by atoms with Crippen molar-refractivity contribution in [1.82, 2.24) is 20.4 Å². The molecular weight excluding hydrogens is 268 g/mol. The van der Waals surface area contributed by atoms with Gasteiger partial charge in [-0.05, 0) is 31.5 Å². The lowest BCUT2D eigenvalue weighted by Gasteiger charge is -2.23. The van der Waals surface area contributed by atoms with Crippen LogP contribution < -0.4 is 16.2 Å². The summed E-state index contributed by atoms with van der Waals surface area (Å²) in [7, 11) is 0. The van der Waals surface area contributed by atoms with Crippen molar-refractivity contribution in [3.05, 3.63) is 41.7 Å². The minimum absolute atomic E-state index is 0.219. The van der Waals surface area contributed by atoms with Gasteiger partial charge >= 0.3 is 0 Å². The van der Waals surface area contributed by atoms with Crippen LogP contribution in [0.25, 0.3) is 0 Å². The highest BCUT2D eigenvalue weighted by atomic mass is 16.2. The van der Waals surface area contributed by atoms with E-state index >= 15 is 0 Å². The number of rotatable bonds is 6. The van der Waals surface area contributed by atoms with Gasteiger partial charge in [-0.15, -0.1) is 5.10 Å². The number of anilines is 1. The molecule has 3 N–H and O–H groups in total. The number of hydrazine groups is 1. The first-order chi connectivity index (χ1) is 10.1. The molecule has 0 radical (unpaired) electrons. The average molecular weight is 288 g/mol. The van der Waals surface area contributed by atoms with Gasteiger partial charge in [-0.1, -0.05) is 17.3 Å². The summed E-state index contributed by atoms with van der Waals surface area (Å²) in [6, 6.07) is 8.36. The number of nitrogens with zero attached hydrogens (tertiary/aromatic N) is 4. The molecule has 0 aliphatic heterocycles. The fourth-order valence-corrected chi connectivity index (χ4v) is 2.10. The summed E-state index contributed by atoms with van der Waals surface area (Å²) < 4.78 is 1.64. The maximum Gasteiger partial charge on any atom is 0.287 e. The summed E-state index contributed by atoms with van der Waals surface area (Å²) >= 11 is 0. The lowest BCUT2D eigenvalue weighted by molar-refractivity contribution is 0.0948. The van der Waals surface area contributed by atoms with Crippen molar-refractivity contribution in [2.24, 2.45) is 5.84 Å². The third-order valence-electron chi connectivity index (χ3n) is 3.25. The normalized spacial score (nSPS) is 10.4. The summed E-state index contributed by atoms with van der Waals surface area (Å²) in [5, 5.41) is 7.71. The Balaban J connectivity index is 2.00. The smallest absolute Gasteiger partial charge is 0.287 e. The Morgan fingerprint density at radius 2 is 2.29 bits per heavy atom. The van der Waals surface area contributed by atoms with Gasteiger partial charge in [-0.25, -0.2) is 10.5 Å². The van der Waals surface area contributed by atoms with Crippen molar-refractivity contribution in [3.8, 4) is 0 Å². The van der Waals surface area contributed by atoms with Crippen LogP contribution in [-0.2, 0) is 6.54 Å². The number of nitrogens with one attached hydrogen (secondary N) is 1. The molecule has 1 aromatic carbocycles. The number of hydrogen-bond donors (Lipinski definition) is 2. The number of aromatic nitrogens is 3. The fraction of sp³-hybridized carbons (Fsp3) is 0.357. The second kappa shape index (κ2) is 6.85. The number of hydrogen-bond acceptors (Lipinski definition) is 5. The van der Waals surface area contributed by atoms with Gasteiger partial charge in [-0.3, -0.25) is 10.2 Å². The molecule has 0 bridgehead atoms. The van der Waals surface area contributed by atoms with E-state index in [9.17, 15) is 4.79 Å². The molecule has 112 valence electrons. The quantitative estimate of drug-likeness (QED) is 0.464. The van der Waals surface area contributed by atoms with Crippen molar-refractivity contribution in [2.45, 2.75) is 20.4 Å². The fourth-order valence-electron chi connectivity index (χ4n) is 2.10. The molecule has 1 aromatic heterocycles. The molecule has 0 atom stereocenters. The molecule has 0 saturated carbocycles. The van der Waals surface area contributed by atoms with Gasteiger partial charge in [0.15, 0.2) is 5.69 Å². The average Bonchev–Trinajstić information content (AvgIpc) is 2.96.